The number of fused-ring (bicyclic) bond motifs is 1. The Bertz CT molecular complexity index is 1530. The van der Waals surface area contributed by atoms with E-state index in [2.05, 4.69) is 25.6 Å². The molecule has 14 heteroatoms. The highest BCUT2D eigenvalue weighted by atomic mass is 19.4. The first-order valence-corrected chi connectivity index (χ1v) is 12.0. The Hall–Kier alpha value is -4.43. The van der Waals surface area contributed by atoms with E-state index in [9.17, 15) is 23.2 Å². The fourth-order valence-electron chi connectivity index (χ4n) is 4.45. The number of hydrogen-bond donors (Lipinski definition) is 3. The van der Waals surface area contributed by atoms with E-state index >= 15 is 0 Å². The van der Waals surface area contributed by atoms with Crippen LogP contribution in [0.4, 0.5) is 35.3 Å². The van der Waals surface area contributed by atoms with Crippen LogP contribution in [0, 0.1) is 12.1 Å². The molecule has 1 fully saturated rings. The van der Waals surface area contributed by atoms with Crippen molar-refractivity contribution < 1.29 is 27.4 Å². The summed E-state index contributed by atoms with van der Waals surface area (Å²) in [4.78, 5) is 18.9. The summed E-state index contributed by atoms with van der Waals surface area (Å²) < 4.78 is 46.3. The summed E-state index contributed by atoms with van der Waals surface area (Å²) in [6, 6.07) is 7.62. The summed E-state index contributed by atoms with van der Waals surface area (Å²) in [5, 5.41) is 21.0. The lowest BCUT2D eigenvalue weighted by Gasteiger charge is -2.26. The van der Waals surface area contributed by atoms with Gasteiger partial charge in [-0.05, 0) is 42.3 Å². The molecular formula is C25H25F3N8O3. The molecule has 2 amide bonds. The van der Waals surface area contributed by atoms with Crippen molar-refractivity contribution in [1.29, 1.82) is 0 Å². The molecule has 0 saturated carbocycles. The van der Waals surface area contributed by atoms with Crippen molar-refractivity contribution in [2.45, 2.75) is 19.6 Å². The minimum atomic E-state index is -4.66. The third kappa shape index (κ3) is 5.56. The van der Waals surface area contributed by atoms with Crippen molar-refractivity contribution in [2.75, 3.05) is 42.7 Å². The van der Waals surface area contributed by atoms with Gasteiger partial charge >= 0.3 is 12.2 Å². The maximum atomic E-state index is 13.0. The lowest BCUT2D eigenvalue weighted by atomic mass is 10.0. The van der Waals surface area contributed by atoms with Crippen molar-refractivity contribution in [2.24, 2.45) is 0 Å². The van der Waals surface area contributed by atoms with Gasteiger partial charge in [0.15, 0.2) is 5.82 Å². The third-order valence-electron chi connectivity index (χ3n) is 6.42. The van der Waals surface area contributed by atoms with Crippen molar-refractivity contribution in [3.8, 4) is 11.1 Å². The van der Waals surface area contributed by atoms with Gasteiger partial charge in [-0.2, -0.15) is 23.6 Å². The number of nitrogen functional groups attached to an aromatic ring is 1. The zero-order chi connectivity index (χ0) is 27.7. The largest absolute Gasteiger partial charge is 0.711 e. The Morgan fingerprint density at radius 1 is 1.18 bits per heavy atom. The second kappa shape index (κ2) is 10.4. The topological polar surface area (TPSA) is 137 Å². The van der Waals surface area contributed by atoms with E-state index in [1.165, 1.54) is 6.33 Å². The molecule has 0 radical (unpaired) electrons. The molecular weight excluding hydrogens is 517 g/mol. The van der Waals surface area contributed by atoms with Crippen LogP contribution in [0.3, 0.4) is 0 Å². The molecule has 0 unspecified atom stereocenters. The van der Waals surface area contributed by atoms with Gasteiger partial charge in [-0.3, -0.25) is 10.2 Å². The van der Waals surface area contributed by atoms with Crippen LogP contribution in [0.1, 0.15) is 16.8 Å². The molecule has 1 saturated heterocycles. The van der Waals surface area contributed by atoms with Gasteiger partial charge in [0.1, 0.15) is 11.8 Å². The van der Waals surface area contributed by atoms with E-state index in [1.807, 2.05) is 12.1 Å². The molecule has 3 aromatic heterocycles. The van der Waals surface area contributed by atoms with Crippen LogP contribution in [0.25, 0.3) is 16.6 Å². The number of benzene rings is 1. The first-order valence-electron chi connectivity index (χ1n) is 12.0. The van der Waals surface area contributed by atoms with E-state index in [0.717, 1.165) is 29.9 Å². The zero-order valence-corrected chi connectivity index (χ0v) is 20.8. The highest BCUT2D eigenvalue weighted by molar-refractivity contribution is 5.99. The molecule has 39 heavy (non-hydrogen) atoms. The number of aromatic nitrogens is 4. The number of nitrogens with zero attached hydrogens (tertiary/aromatic N) is 5. The Morgan fingerprint density at radius 2 is 1.95 bits per heavy atom. The van der Waals surface area contributed by atoms with E-state index in [1.54, 1.807) is 23.6 Å². The van der Waals surface area contributed by atoms with Crippen molar-refractivity contribution in [1.82, 2.24) is 19.5 Å². The number of urea groups is 1. The Morgan fingerprint density at radius 3 is 2.67 bits per heavy atom. The second-order valence-corrected chi connectivity index (χ2v) is 9.08. The number of morpholine rings is 1. The SMILES string of the molecule is Cc1cc(-c2cc(CN3CCOCC3)n3ncnc(N)c23)ccc1NC(=O)Nc1cc(C(F)(F)F)cc[n+]1[O-]. The van der Waals surface area contributed by atoms with Crippen LogP contribution in [0.15, 0.2) is 48.9 Å². The maximum absolute atomic E-state index is 13.0. The molecule has 0 bridgehead atoms. The molecule has 1 aliphatic heterocycles. The van der Waals surface area contributed by atoms with Crippen LogP contribution < -0.4 is 21.1 Å². The summed E-state index contributed by atoms with van der Waals surface area (Å²) in [6.45, 7) is 5.35. The summed E-state index contributed by atoms with van der Waals surface area (Å²) in [7, 11) is 0. The van der Waals surface area contributed by atoms with Gasteiger partial charge in [0.25, 0.3) is 5.82 Å². The second-order valence-electron chi connectivity index (χ2n) is 9.08. The van der Waals surface area contributed by atoms with Crippen LogP contribution >= 0.6 is 0 Å². The molecule has 0 spiro atoms. The van der Waals surface area contributed by atoms with Crippen molar-refractivity contribution in [3.05, 3.63) is 71.0 Å². The lowest BCUT2D eigenvalue weighted by Crippen LogP contribution is -2.36. The number of amides is 2. The predicted octanol–water partition coefficient (Wildman–Crippen LogP) is 3.42. The third-order valence-corrected chi connectivity index (χ3v) is 6.42. The van der Waals surface area contributed by atoms with Gasteiger partial charge in [-0.15, -0.1) is 0 Å². The molecule has 4 heterocycles. The number of hydrogen-bond acceptors (Lipinski definition) is 7. The van der Waals surface area contributed by atoms with E-state index in [0.29, 0.717) is 60.7 Å². The highest BCUT2D eigenvalue weighted by Crippen LogP contribution is 2.33. The quantitative estimate of drug-likeness (QED) is 0.260. The molecule has 1 aliphatic rings. The minimum Gasteiger partial charge on any atom is -0.711 e. The monoisotopic (exact) mass is 542 g/mol. The van der Waals surface area contributed by atoms with E-state index < -0.39 is 23.6 Å². The van der Waals surface area contributed by atoms with Gasteiger partial charge in [-0.1, -0.05) is 6.07 Å². The lowest BCUT2D eigenvalue weighted by molar-refractivity contribution is -0.590. The first-order chi connectivity index (χ1) is 18.6. The number of alkyl halides is 3. The van der Waals surface area contributed by atoms with Crippen molar-refractivity contribution >= 4 is 28.9 Å². The van der Waals surface area contributed by atoms with Gasteiger partial charge in [0.2, 0.25) is 0 Å². The minimum absolute atomic E-state index is 0.143. The van der Waals surface area contributed by atoms with Crippen LogP contribution in [0.5, 0.6) is 0 Å². The molecule has 0 atom stereocenters. The number of carbonyl (C=O) groups excluding carboxylic acids is 1. The number of rotatable bonds is 5. The van der Waals surface area contributed by atoms with Gasteiger partial charge in [0, 0.05) is 37.0 Å². The first kappa shape index (κ1) is 26.2. The van der Waals surface area contributed by atoms with E-state index in [4.69, 9.17) is 10.5 Å². The number of nitrogens with two attached hydrogens (primary N) is 1. The van der Waals surface area contributed by atoms with Crippen molar-refractivity contribution in [3.63, 3.8) is 0 Å². The number of anilines is 3. The standard InChI is InChI=1S/C25H25F3N8O3/c1-15-10-16(2-3-20(15)32-24(37)33-21-11-17(25(26,27)28)4-5-35(21)38)19-12-18(13-34-6-8-39-9-7-34)36-22(19)23(29)30-14-31-36/h2-5,10-12,14H,6-9,13H2,1H3,(H2,29,30,31)(H2,32,33,37). The van der Waals surface area contributed by atoms with Crippen LogP contribution in [0.2, 0.25) is 0 Å². The summed E-state index contributed by atoms with van der Waals surface area (Å²) in [5.41, 5.74) is 9.46. The van der Waals surface area contributed by atoms with E-state index in [-0.39, 0.29) is 4.73 Å². The molecule has 4 N–H and O–H groups in total. The van der Waals surface area contributed by atoms with Crippen LogP contribution in [-0.4, -0.2) is 51.8 Å². The number of aryl methyl sites for hydroxylation is 1. The molecule has 0 aliphatic carbocycles. The normalized spacial score (nSPS) is 14.5. The molecule has 1 aromatic carbocycles. The number of pyridine rings is 1. The van der Waals surface area contributed by atoms with Gasteiger partial charge in [-0.25, -0.2) is 19.0 Å². The maximum Gasteiger partial charge on any atom is 0.416 e. The highest BCUT2D eigenvalue weighted by Gasteiger charge is 2.32. The summed E-state index contributed by atoms with van der Waals surface area (Å²) in [6.07, 6.45) is -2.57. The van der Waals surface area contributed by atoms with Gasteiger partial charge in [0.05, 0.1) is 30.7 Å². The Balaban J connectivity index is 1.38. The smallest absolute Gasteiger partial charge is 0.416 e. The molecule has 11 nitrogen and oxygen atoms in total. The average molecular weight is 543 g/mol. The number of nitrogens with one attached hydrogen (secondary N) is 2. The fourth-order valence-corrected chi connectivity index (χ4v) is 4.45. The number of ether oxygens (including phenoxy) is 1. The van der Waals surface area contributed by atoms with Crippen LogP contribution in [-0.2, 0) is 17.5 Å². The number of carbonyl (C=O) groups is 1. The zero-order valence-electron chi connectivity index (χ0n) is 20.8. The summed E-state index contributed by atoms with van der Waals surface area (Å²) >= 11 is 0. The average Bonchev–Trinajstić information content (AvgIpc) is 3.26. The Kier molecular flexibility index (Phi) is 6.97. The summed E-state index contributed by atoms with van der Waals surface area (Å²) in [5.74, 6) is -0.236. The molecule has 4 aromatic rings. The molecule has 204 valence electrons. The number of halogens is 3. The van der Waals surface area contributed by atoms with Gasteiger partial charge < -0.3 is 15.7 Å². The predicted molar refractivity (Wildman–Crippen MR) is 137 cm³/mol. The Labute approximate surface area is 220 Å². The molecule has 5 rings (SSSR count). The fraction of sp³-hybridized carbons (Fsp3) is 0.280.